The molecule has 0 atom stereocenters. The molecule has 0 amide bonds. The largest absolute Gasteiger partial charge is 0.315 e. The Morgan fingerprint density at radius 3 is 2.92 bits per heavy atom. The Kier molecular flexibility index (Phi) is 2.34. The summed E-state index contributed by atoms with van der Waals surface area (Å²) in [6.07, 6.45) is 4.74. The molecule has 1 aromatic heterocycles. The zero-order valence-electron chi connectivity index (χ0n) is 8.45. The second-order valence-corrected chi connectivity index (χ2v) is 4.24. The molecule has 3 nitrogen and oxygen atoms in total. The van der Waals surface area contributed by atoms with E-state index in [1.165, 1.54) is 24.5 Å². The zero-order valence-corrected chi connectivity index (χ0v) is 8.45. The van der Waals surface area contributed by atoms with E-state index in [0.717, 1.165) is 19.4 Å². The standard InChI is InChI=1S/C10H17N3/c1-8(2)7-10-12-11-9-5-3-4-6-13(9)10/h8H,3-7H2,1-2H3. The van der Waals surface area contributed by atoms with Crippen LogP contribution in [0.4, 0.5) is 0 Å². The lowest BCUT2D eigenvalue weighted by Gasteiger charge is -2.15. The van der Waals surface area contributed by atoms with Crippen molar-refractivity contribution >= 4 is 0 Å². The average Bonchev–Trinajstić information content (AvgIpc) is 2.48. The van der Waals surface area contributed by atoms with Crippen molar-refractivity contribution in [3.8, 4) is 0 Å². The molecule has 13 heavy (non-hydrogen) atoms. The monoisotopic (exact) mass is 179 g/mol. The molecule has 0 radical (unpaired) electrons. The zero-order chi connectivity index (χ0) is 9.26. The van der Waals surface area contributed by atoms with E-state index in [4.69, 9.17) is 0 Å². The summed E-state index contributed by atoms with van der Waals surface area (Å²) in [6.45, 7) is 5.58. The Morgan fingerprint density at radius 1 is 1.31 bits per heavy atom. The van der Waals surface area contributed by atoms with Gasteiger partial charge in [-0.05, 0) is 18.8 Å². The van der Waals surface area contributed by atoms with Crippen molar-refractivity contribution < 1.29 is 0 Å². The molecule has 0 fully saturated rings. The van der Waals surface area contributed by atoms with E-state index in [1.807, 2.05) is 0 Å². The predicted molar refractivity (Wildman–Crippen MR) is 51.5 cm³/mol. The number of hydrogen-bond acceptors (Lipinski definition) is 2. The lowest BCUT2D eigenvalue weighted by atomic mass is 10.1. The van der Waals surface area contributed by atoms with Crippen LogP contribution in [0.25, 0.3) is 0 Å². The van der Waals surface area contributed by atoms with Crippen LogP contribution in [0.15, 0.2) is 0 Å². The molecule has 2 rings (SSSR count). The van der Waals surface area contributed by atoms with Gasteiger partial charge in [-0.25, -0.2) is 0 Å². The van der Waals surface area contributed by atoms with Gasteiger partial charge in [0, 0.05) is 19.4 Å². The fourth-order valence-electron chi connectivity index (χ4n) is 1.88. The van der Waals surface area contributed by atoms with Gasteiger partial charge in [-0.3, -0.25) is 0 Å². The van der Waals surface area contributed by atoms with Crippen LogP contribution in [0, 0.1) is 5.92 Å². The van der Waals surface area contributed by atoms with Gasteiger partial charge in [0.15, 0.2) is 0 Å². The summed E-state index contributed by atoms with van der Waals surface area (Å²) in [5, 5.41) is 8.47. The Hall–Kier alpha value is -0.860. The molecule has 0 saturated carbocycles. The predicted octanol–water partition coefficient (Wildman–Crippen LogP) is 1.81. The van der Waals surface area contributed by atoms with E-state index in [9.17, 15) is 0 Å². The summed E-state index contributed by atoms with van der Waals surface area (Å²) in [5.41, 5.74) is 0. The molecule has 0 aliphatic carbocycles. The van der Waals surface area contributed by atoms with Crippen molar-refractivity contribution in [2.24, 2.45) is 5.92 Å². The van der Waals surface area contributed by atoms with Crippen LogP contribution in [-0.2, 0) is 19.4 Å². The Morgan fingerprint density at radius 2 is 2.15 bits per heavy atom. The normalized spacial score (nSPS) is 16.2. The Bertz CT molecular complexity index is 288. The van der Waals surface area contributed by atoms with Gasteiger partial charge in [0.2, 0.25) is 0 Å². The minimum Gasteiger partial charge on any atom is -0.315 e. The summed E-state index contributed by atoms with van der Waals surface area (Å²) < 4.78 is 2.31. The second kappa shape index (κ2) is 3.48. The van der Waals surface area contributed by atoms with Crippen LogP contribution >= 0.6 is 0 Å². The molecule has 72 valence electrons. The first-order chi connectivity index (χ1) is 6.27. The van der Waals surface area contributed by atoms with Crippen molar-refractivity contribution in [3.05, 3.63) is 11.6 Å². The quantitative estimate of drug-likeness (QED) is 0.693. The summed E-state index contributed by atoms with van der Waals surface area (Å²) in [4.78, 5) is 0. The van der Waals surface area contributed by atoms with Gasteiger partial charge in [0.1, 0.15) is 11.6 Å². The van der Waals surface area contributed by atoms with Crippen LogP contribution in [-0.4, -0.2) is 14.8 Å². The molecule has 0 bridgehead atoms. The third-order valence-corrected chi connectivity index (χ3v) is 2.53. The highest BCUT2D eigenvalue weighted by molar-refractivity contribution is 4.99. The molecule has 0 aromatic carbocycles. The van der Waals surface area contributed by atoms with Crippen LogP contribution in [0.5, 0.6) is 0 Å². The molecule has 1 aromatic rings. The van der Waals surface area contributed by atoms with Crippen molar-refractivity contribution in [1.82, 2.24) is 14.8 Å². The number of aryl methyl sites for hydroxylation is 1. The van der Waals surface area contributed by atoms with Crippen molar-refractivity contribution in [2.75, 3.05) is 0 Å². The average molecular weight is 179 g/mol. The first kappa shape index (κ1) is 8.73. The molecule has 0 spiro atoms. The molecule has 1 aliphatic rings. The van der Waals surface area contributed by atoms with Gasteiger partial charge in [-0.2, -0.15) is 0 Å². The third-order valence-electron chi connectivity index (χ3n) is 2.53. The maximum Gasteiger partial charge on any atom is 0.133 e. The molecule has 2 heterocycles. The number of aromatic nitrogens is 3. The molecule has 0 unspecified atom stereocenters. The number of nitrogens with zero attached hydrogens (tertiary/aromatic N) is 3. The third kappa shape index (κ3) is 1.74. The molecular weight excluding hydrogens is 162 g/mol. The van der Waals surface area contributed by atoms with Crippen LogP contribution in [0.2, 0.25) is 0 Å². The summed E-state index contributed by atoms with van der Waals surface area (Å²) >= 11 is 0. The maximum atomic E-state index is 4.25. The first-order valence-corrected chi connectivity index (χ1v) is 5.18. The Balaban J connectivity index is 2.21. The van der Waals surface area contributed by atoms with Crippen molar-refractivity contribution in [3.63, 3.8) is 0 Å². The lowest BCUT2D eigenvalue weighted by molar-refractivity contribution is 0.492. The second-order valence-electron chi connectivity index (χ2n) is 4.24. The van der Waals surface area contributed by atoms with Crippen LogP contribution in [0.3, 0.4) is 0 Å². The van der Waals surface area contributed by atoms with E-state index < -0.39 is 0 Å². The van der Waals surface area contributed by atoms with E-state index in [2.05, 4.69) is 28.6 Å². The van der Waals surface area contributed by atoms with Gasteiger partial charge in [-0.15, -0.1) is 10.2 Å². The van der Waals surface area contributed by atoms with Gasteiger partial charge in [-0.1, -0.05) is 13.8 Å². The number of hydrogen-bond donors (Lipinski definition) is 0. The fraction of sp³-hybridized carbons (Fsp3) is 0.800. The fourth-order valence-corrected chi connectivity index (χ4v) is 1.88. The Labute approximate surface area is 79.2 Å². The molecular formula is C10H17N3. The number of rotatable bonds is 2. The maximum absolute atomic E-state index is 4.25. The van der Waals surface area contributed by atoms with Crippen LogP contribution < -0.4 is 0 Å². The highest BCUT2D eigenvalue weighted by Crippen LogP contribution is 2.16. The van der Waals surface area contributed by atoms with Gasteiger partial charge < -0.3 is 4.57 Å². The number of fused-ring (bicyclic) bond motifs is 1. The minimum atomic E-state index is 0.676. The summed E-state index contributed by atoms with van der Waals surface area (Å²) in [5.74, 6) is 3.06. The lowest BCUT2D eigenvalue weighted by Crippen LogP contribution is -2.14. The van der Waals surface area contributed by atoms with Gasteiger partial charge in [0.05, 0.1) is 0 Å². The molecule has 1 aliphatic heterocycles. The van der Waals surface area contributed by atoms with Crippen molar-refractivity contribution in [1.29, 1.82) is 0 Å². The highest BCUT2D eigenvalue weighted by atomic mass is 15.3. The molecule has 0 N–H and O–H groups in total. The molecule has 3 heteroatoms. The topological polar surface area (TPSA) is 30.7 Å². The molecule has 0 saturated heterocycles. The highest BCUT2D eigenvalue weighted by Gasteiger charge is 2.15. The van der Waals surface area contributed by atoms with E-state index in [0.29, 0.717) is 5.92 Å². The van der Waals surface area contributed by atoms with E-state index >= 15 is 0 Å². The van der Waals surface area contributed by atoms with Crippen molar-refractivity contribution in [2.45, 2.75) is 46.1 Å². The minimum absolute atomic E-state index is 0.676. The van der Waals surface area contributed by atoms with Crippen LogP contribution in [0.1, 0.15) is 38.3 Å². The summed E-state index contributed by atoms with van der Waals surface area (Å²) in [7, 11) is 0. The van der Waals surface area contributed by atoms with Gasteiger partial charge in [0.25, 0.3) is 0 Å². The smallest absolute Gasteiger partial charge is 0.133 e. The SMILES string of the molecule is CC(C)Cc1nnc2n1CCCC2. The summed E-state index contributed by atoms with van der Waals surface area (Å²) in [6, 6.07) is 0. The van der Waals surface area contributed by atoms with E-state index in [1.54, 1.807) is 0 Å². The first-order valence-electron chi connectivity index (χ1n) is 5.18. The van der Waals surface area contributed by atoms with Gasteiger partial charge >= 0.3 is 0 Å². The van der Waals surface area contributed by atoms with E-state index in [-0.39, 0.29) is 0 Å².